The molecule has 1 aromatic heterocycles. The van der Waals surface area contributed by atoms with Crippen LogP contribution < -0.4 is 0 Å². The van der Waals surface area contributed by atoms with Crippen LogP contribution in [0.2, 0.25) is 0 Å². The van der Waals surface area contributed by atoms with Gasteiger partial charge in [0.1, 0.15) is 5.76 Å². The van der Waals surface area contributed by atoms with Crippen LogP contribution in [-0.4, -0.2) is 28.1 Å². The summed E-state index contributed by atoms with van der Waals surface area (Å²) in [6.45, 7) is 4.51. The Morgan fingerprint density at radius 3 is 2.88 bits per heavy atom. The molecule has 0 saturated carbocycles. The van der Waals surface area contributed by atoms with Gasteiger partial charge in [0, 0.05) is 24.5 Å². The van der Waals surface area contributed by atoms with Gasteiger partial charge in [-0.2, -0.15) is 0 Å². The maximum Gasteiger partial charge on any atom is 0.223 e. The maximum absolute atomic E-state index is 11.9. The number of likely N-dealkylation sites (tertiary alicyclic amines) is 1. The lowest BCUT2D eigenvalue weighted by Gasteiger charge is -2.34. The number of nitrogens with zero attached hydrogens (tertiary/aromatic N) is 1. The van der Waals surface area contributed by atoms with Crippen LogP contribution in [0.3, 0.4) is 0 Å². The first-order chi connectivity index (χ1) is 7.55. The standard InChI is InChI=1S/C12H17NO3/c1-12(2)9(8-14)6-11(15)13(12)7-10-4-3-5-16-10/h3-5,9,14H,6-8H2,1-2H3. The third kappa shape index (κ3) is 1.73. The quantitative estimate of drug-likeness (QED) is 0.842. The van der Waals surface area contributed by atoms with Gasteiger partial charge in [-0.3, -0.25) is 4.79 Å². The number of hydrogen-bond donors (Lipinski definition) is 1. The Kier molecular flexibility index (Phi) is 2.76. The number of carbonyl (C=O) groups excluding carboxylic acids is 1. The number of aliphatic hydroxyl groups is 1. The number of amides is 1. The van der Waals surface area contributed by atoms with Crippen molar-refractivity contribution in [2.24, 2.45) is 5.92 Å². The van der Waals surface area contributed by atoms with E-state index in [1.54, 1.807) is 11.2 Å². The topological polar surface area (TPSA) is 53.7 Å². The summed E-state index contributed by atoms with van der Waals surface area (Å²) in [5.41, 5.74) is -0.307. The third-order valence-electron chi connectivity index (χ3n) is 3.53. The van der Waals surface area contributed by atoms with E-state index in [0.717, 1.165) is 5.76 Å². The van der Waals surface area contributed by atoms with Crippen LogP contribution in [0, 0.1) is 5.92 Å². The first-order valence-corrected chi connectivity index (χ1v) is 5.49. The second kappa shape index (κ2) is 3.94. The van der Waals surface area contributed by atoms with Gasteiger partial charge in [0.25, 0.3) is 0 Å². The SMILES string of the molecule is CC1(C)C(CO)CC(=O)N1Cc1ccco1. The van der Waals surface area contributed by atoms with Gasteiger partial charge in [-0.15, -0.1) is 0 Å². The molecule has 0 radical (unpaired) electrons. The second-order valence-electron chi connectivity index (χ2n) is 4.80. The van der Waals surface area contributed by atoms with Crippen molar-refractivity contribution < 1.29 is 14.3 Å². The second-order valence-corrected chi connectivity index (χ2v) is 4.80. The fourth-order valence-corrected chi connectivity index (χ4v) is 2.25. The van der Waals surface area contributed by atoms with Crippen LogP contribution in [0.25, 0.3) is 0 Å². The minimum atomic E-state index is -0.307. The molecule has 1 aliphatic heterocycles. The molecule has 1 N–H and O–H groups in total. The Morgan fingerprint density at radius 2 is 2.38 bits per heavy atom. The van der Waals surface area contributed by atoms with Crippen molar-refractivity contribution in [3.8, 4) is 0 Å². The summed E-state index contributed by atoms with van der Waals surface area (Å²) in [4.78, 5) is 13.6. The minimum absolute atomic E-state index is 0.00922. The van der Waals surface area contributed by atoms with Crippen LogP contribution >= 0.6 is 0 Å². The first-order valence-electron chi connectivity index (χ1n) is 5.49. The van der Waals surface area contributed by atoms with E-state index in [4.69, 9.17) is 4.42 Å². The molecule has 0 spiro atoms. The molecule has 1 atom stereocenters. The molecule has 2 heterocycles. The van der Waals surface area contributed by atoms with Crippen LogP contribution in [0.1, 0.15) is 26.0 Å². The Balaban J connectivity index is 2.17. The molecule has 88 valence electrons. The number of furan rings is 1. The molecule has 16 heavy (non-hydrogen) atoms. The number of rotatable bonds is 3. The van der Waals surface area contributed by atoms with Crippen LogP contribution in [0.5, 0.6) is 0 Å². The molecule has 0 aliphatic carbocycles. The van der Waals surface area contributed by atoms with E-state index >= 15 is 0 Å². The zero-order chi connectivity index (χ0) is 11.8. The smallest absolute Gasteiger partial charge is 0.223 e. The molecular formula is C12H17NO3. The van der Waals surface area contributed by atoms with Crippen LogP contribution in [0.4, 0.5) is 0 Å². The minimum Gasteiger partial charge on any atom is -0.467 e. The highest BCUT2D eigenvalue weighted by atomic mass is 16.3. The Labute approximate surface area is 94.9 Å². The van der Waals surface area contributed by atoms with Crippen LogP contribution in [-0.2, 0) is 11.3 Å². The Morgan fingerprint density at radius 1 is 1.62 bits per heavy atom. The predicted octanol–water partition coefficient (Wildman–Crippen LogP) is 1.40. The lowest BCUT2D eigenvalue weighted by atomic mass is 9.89. The summed E-state index contributed by atoms with van der Waals surface area (Å²) in [5, 5.41) is 9.26. The Hall–Kier alpha value is -1.29. The lowest BCUT2D eigenvalue weighted by Crippen LogP contribution is -2.44. The molecule has 1 aliphatic rings. The average molecular weight is 223 g/mol. The summed E-state index contributed by atoms with van der Waals surface area (Å²) in [6.07, 6.45) is 2.02. The van der Waals surface area contributed by atoms with Crippen molar-refractivity contribution in [2.75, 3.05) is 6.61 Å². The molecule has 1 fully saturated rings. The van der Waals surface area contributed by atoms with Crippen molar-refractivity contribution in [2.45, 2.75) is 32.4 Å². The van der Waals surface area contributed by atoms with E-state index in [1.165, 1.54) is 0 Å². The van der Waals surface area contributed by atoms with Gasteiger partial charge >= 0.3 is 0 Å². The molecule has 1 saturated heterocycles. The summed E-state index contributed by atoms with van der Waals surface area (Å²) >= 11 is 0. The van der Waals surface area contributed by atoms with Gasteiger partial charge in [0.15, 0.2) is 0 Å². The Bertz CT molecular complexity index is 370. The third-order valence-corrected chi connectivity index (χ3v) is 3.53. The van der Waals surface area contributed by atoms with Gasteiger partial charge in [-0.1, -0.05) is 0 Å². The van der Waals surface area contributed by atoms with Crippen LogP contribution in [0.15, 0.2) is 22.8 Å². The fraction of sp³-hybridized carbons (Fsp3) is 0.583. The van der Waals surface area contributed by atoms with Crippen molar-refractivity contribution in [3.63, 3.8) is 0 Å². The summed E-state index contributed by atoms with van der Waals surface area (Å²) in [7, 11) is 0. The molecule has 0 aromatic carbocycles. The van der Waals surface area contributed by atoms with Crippen molar-refractivity contribution in [3.05, 3.63) is 24.2 Å². The summed E-state index contributed by atoms with van der Waals surface area (Å²) in [5.74, 6) is 0.871. The van der Waals surface area contributed by atoms with Gasteiger partial charge < -0.3 is 14.4 Å². The predicted molar refractivity (Wildman–Crippen MR) is 58.5 cm³/mol. The van der Waals surface area contributed by atoms with Gasteiger partial charge in [-0.25, -0.2) is 0 Å². The molecule has 1 amide bonds. The number of hydrogen-bond acceptors (Lipinski definition) is 3. The first kappa shape index (κ1) is 11.2. The van der Waals surface area contributed by atoms with E-state index < -0.39 is 0 Å². The molecule has 1 aromatic rings. The number of carbonyl (C=O) groups is 1. The molecular weight excluding hydrogens is 206 g/mol. The fourth-order valence-electron chi connectivity index (χ4n) is 2.25. The van der Waals surface area contributed by atoms with E-state index in [2.05, 4.69) is 0 Å². The van der Waals surface area contributed by atoms with E-state index in [0.29, 0.717) is 13.0 Å². The van der Waals surface area contributed by atoms with Gasteiger partial charge in [0.2, 0.25) is 5.91 Å². The molecule has 4 heteroatoms. The summed E-state index contributed by atoms with van der Waals surface area (Å²) < 4.78 is 5.25. The van der Waals surface area contributed by atoms with E-state index in [1.807, 2.05) is 26.0 Å². The zero-order valence-corrected chi connectivity index (χ0v) is 9.64. The summed E-state index contributed by atoms with van der Waals surface area (Å²) in [6, 6.07) is 3.67. The van der Waals surface area contributed by atoms with Gasteiger partial charge in [0.05, 0.1) is 12.8 Å². The van der Waals surface area contributed by atoms with E-state index in [9.17, 15) is 9.90 Å². The molecule has 2 rings (SSSR count). The highest BCUT2D eigenvalue weighted by Gasteiger charge is 2.45. The van der Waals surface area contributed by atoms with Crippen molar-refractivity contribution in [1.82, 2.24) is 4.90 Å². The normalized spacial score (nSPS) is 24.1. The molecule has 1 unspecified atom stereocenters. The monoisotopic (exact) mass is 223 g/mol. The zero-order valence-electron chi connectivity index (χ0n) is 9.64. The number of aliphatic hydroxyl groups excluding tert-OH is 1. The highest BCUT2D eigenvalue weighted by Crippen LogP contribution is 2.36. The van der Waals surface area contributed by atoms with Crippen molar-refractivity contribution >= 4 is 5.91 Å². The molecule has 0 bridgehead atoms. The highest BCUT2D eigenvalue weighted by molar-refractivity contribution is 5.80. The maximum atomic E-state index is 11.9. The van der Waals surface area contributed by atoms with Crippen molar-refractivity contribution in [1.29, 1.82) is 0 Å². The van der Waals surface area contributed by atoms with Gasteiger partial charge in [-0.05, 0) is 26.0 Å². The van der Waals surface area contributed by atoms with E-state index in [-0.39, 0.29) is 24.0 Å². The molecule has 4 nitrogen and oxygen atoms in total. The largest absolute Gasteiger partial charge is 0.467 e. The lowest BCUT2D eigenvalue weighted by molar-refractivity contribution is -0.131. The average Bonchev–Trinajstić information content (AvgIpc) is 2.80.